The molecule has 0 aliphatic carbocycles. The van der Waals surface area contributed by atoms with Gasteiger partial charge in [0.1, 0.15) is 0 Å². The number of likely N-dealkylation sites (tertiary alicyclic amines) is 1. The van der Waals surface area contributed by atoms with E-state index in [-0.39, 0.29) is 6.09 Å². The van der Waals surface area contributed by atoms with E-state index >= 15 is 0 Å². The number of hydrogen-bond donors (Lipinski definition) is 0. The van der Waals surface area contributed by atoms with Crippen LogP contribution >= 0.6 is 15.9 Å². The molecule has 1 aliphatic heterocycles. The molecule has 3 nitrogen and oxygen atoms in total. The predicted molar refractivity (Wildman–Crippen MR) is 68.9 cm³/mol. The van der Waals surface area contributed by atoms with Crippen molar-refractivity contribution in [2.24, 2.45) is 5.92 Å². The first-order valence-electron chi connectivity index (χ1n) is 6.14. The van der Waals surface area contributed by atoms with Gasteiger partial charge in [-0.3, -0.25) is 0 Å². The van der Waals surface area contributed by atoms with Crippen molar-refractivity contribution < 1.29 is 9.53 Å². The van der Waals surface area contributed by atoms with Gasteiger partial charge in [0.15, 0.2) is 0 Å². The summed E-state index contributed by atoms with van der Waals surface area (Å²) in [6.45, 7) is 5.49. The molecule has 1 rings (SSSR count). The number of halogens is 1. The molecule has 1 saturated heterocycles. The highest BCUT2D eigenvalue weighted by Crippen LogP contribution is 2.21. The fraction of sp³-hybridized carbons (Fsp3) is 0.917. The normalized spacial score (nSPS) is 21.2. The Bertz CT molecular complexity index is 219. The van der Waals surface area contributed by atoms with E-state index in [4.69, 9.17) is 4.74 Å². The highest BCUT2D eigenvalue weighted by molar-refractivity contribution is 9.09. The number of carbonyl (C=O) groups excluding carboxylic acids is 1. The molecule has 0 N–H and O–H groups in total. The van der Waals surface area contributed by atoms with Gasteiger partial charge in [-0.2, -0.15) is 0 Å². The van der Waals surface area contributed by atoms with Crippen LogP contribution in [0.25, 0.3) is 0 Å². The zero-order valence-electron chi connectivity index (χ0n) is 10.2. The SMILES string of the molecule is CC(C)COC(=O)N1CCCCC1CCBr. The molecular weight excluding hydrogens is 270 g/mol. The minimum Gasteiger partial charge on any atom is -0.449 e. The molecule has 0 bridgehead atoms. The first kappa shape index (κ1) is 13.8. The van der Waals surface area contributed by atoms with E-state index in [1.54, 1.807) is 0 Å². The van der Waals surface area contributed by atoms with E-state index in [0.717, 1.165) is 31.1 Å². The second-order valence-electron chi connectivity index (χ2n) is 4.79. The number of amides is 1. The van der Waals surface area contributed by atoms with Crippen molar-refractivity contribution in [1.82, 2.24) is 4.90 Å². The Hall–Kier alpha value is -0.250. The van der Waals surface area contributed by atoms with Crippen LogP contribution < -0.4 is 0 Å². The van der Waals surface area contributed by atoms with Crippen LogP contribution in [0, 0.1) is 5.92 Å². The lowest BCUT2D eigenvalue weighted by molar-refractivity contribution is 0.0649. The maximum atomic E-state index is 11.9. The average molecular weight is 292 g/mol. The molecule has 1 unspecified atom stereocenters. The number of hydrogen-bond acceptors (Lipinski definition) is 2. The summed E-state index contributed by atoms with van der Waals surface area (Å²) < 4.78 is 5.29. The summed E-state index contributed by atoms with van der Waals surface area (Å²) >= 11 is 3.44. The standard InChI is InChI=1S/C12H22BrNO2/c1-10(2)9-16-12(15)14-8-4-3-5-11(14)6-7-13/h10-11H,3-9H2,1-2H3. The van der Waals surface area contributed by atoms with Gasteiger partial charge in [0.25, 0.3) is 0 Å². The van der Waals surface area contributed by atoms with E-state index in [2.05, 4.69) is 29.8 Å². The molecule has 1 amide bonds. The molecule has 1 fully saturated rings. The third-order valence-corrected chi connectivity index (χ3v) is 3.30. The molecule has 16 heavy (non-hydrogen) atoms. The van der Waals surface area contributed by atoms with Gasteiger partial charge in [-0.25, -0.2) is 4.79 Å². The maximum Gasteiger partial charge on any atom is 0.410 e. The lowest BCUT2D eigenvalue weighted by Crippen LogP contribution is -2.44. The third kappa shape index (κ3) is 4.32. The summed E-state index contributed by atoms with van der Waals surface area (Å²) in [7, 11) is 0. The number of carbonyl (C=O) groups is 1. The molecule has 1 aliphatic rings. The number of piperidine rings is 1. The topological polar surface area (TPSA) is 29.5 Å². The Morgan fingerprint density at radius 1 is 1.50 bits per heavy atom. The Morgan fingerprint density at radius 2 is 2.25 bits per heavy atom. The van der Waals surface area contributed by atoms with Crippen molar-refractivity contribution >= 4 is 22.0 Å². The summed E-state index contributed by atoms with van der Waals surface area (Å²) in [5, 5.41) is 0.950. The van der Waals surface area contributed by atoms with Crippen molar-refractivity contribution in [2.75, 3.05) is 18.5 Å². The molecule has 94 valence electrons. The van der Waals surface area contributed by atoms with E-state index in [0.29, 0.717) is 18.6 Å². The number of nitrogens with zero attached hydrogens (tertiary/aromatic N) is 1. The van der Waals surface area contributed by atoms with Gasteiger partial charge in [0.2, 0.25) is 0 Å². The highest BCUT2D eigenvalue weighted by atomic mass is 79.9. The Kier molecular flexibility index (Phi) is 6.17. The number of alkyl halides is 1. The van der Waals surface area contributed by atoms with Gasteiger partial charge in [0, 0.05) is 17.9 Å². The van der Waals surface area contributed by atoms with Crippen LogP contribution in [0.3, 0.4) is 0 Å². The van der Waals surface area contributed by atoms with Gasteiger partial charge in [-0.1, -0.05) is 29.8 Å². The molecule has 0 spiro atoms. The van der Waals surface area contributed by atoms with Crippen LogP contribution in [-0.4, -0.2) is 35.5 Å². The Balaban J connectivity index is 2.43. The largest absolute Gasteiger partial charge is 0.449 e. The van der Waals surface area contributed by atoms with E-state index < -0.39 is 0 Å². The average Bonchev–Trinajstić information content (AvgIpc) is 2.27. The quantitative estimate of drug-likeness (QED) is 0.743. The fourth-order valence-corrected chi connectivity index (χ4v) is 2.52. The summed E-state index contributed by atoms with van der Waals surface area (Å²) in [5.74, 6) is 0.406. The van der Waals surface area contributed by atoms with E-state index in [9.17, 15) is 4.79 Å². The number of ether oxygens (including phenoxy) is 1. The third-order valence-electron chi connectivity index (χ3n) is 2.84. The van der Waals surface area contributed by atoms with Crippen molar-refractivity contribution in [3.05, 3.63) is 0 Å². The zero-order chi connectivity index (χ0) is 12.0. The second kappa shape index (κ2) is 7.15. The molecule has 0 saturated carbocycles. The fourth-order valence-electron chi connectivity index (χ4n) is 1.99. The molecule has 0 aromatic carbocycles. The van der Waals surface area contributed by atoms with Crippen LogP contribution in [0.1, 0.15) is 39.5 Å². The smallest absolute Gasteiger partial charge is 0.410 e. The van der Waals surface area contributed by atoms with Crippen LogP contribution in [0.2, 0.25) is 0 Å². The summed E-state index contributed by atoms with van der Waals surface area (Å²) in [5.41, 5.74) is 0. The molecule has 0 radical (unpaired) electrons. The lowest BCUT2D eigenvalue weighted by Gasteiger charge is -2.34. The van der Waals surface area contributed by atoms with Gasteiger partial charge in [-0.15, -0.1) is 0 Å². The van der Waals surface area contributed by atoms with Crippen molar-refractivity contribution in [1.29, 1.82) is 0 Å². The summed E-state index contributed by atoms with van der Waals surface area (Å²) in [6.07, 6.45) is 4.35. The van der Waals surface area contributed by atoms with Crippen LogP contribution in [0.4, 0.5) is 4.79 Å². The molecule has 1 heterocycles. The van der Waals surface area contributed by atoms with Crippen LogP contribution in [0.15, 0.2) is 0 Å². The first-order valence-corrected chi connectivity index (χ1v) is 7.26. The Labute approximate surface area is 107 Å². The minimum absolute atomic E-state index is 0.126. The zero-order valence-corrected chi connectivity index (χ0v) is 11.8. The van der Waals surface area contributed by atoms with Gasteiger partial charge < -0.3 is 9.64 Å². The van der Waals surface area contributed by atoms with Gasteiger partial charge >= 0.3 is 6.09 Å². The highest BCUT2D eigenvalue weighted by Gasteiger charge is 2.27. The molecule has 1 atom stereocenters. The van der Waals surface area contributed by atoms with Crippen molar-refractivity contribution in [2.45, 2.75) is 45.6 Å². The van der Waals surface area contributed by atoms with Crippen LogP contribution in [0.5, 0.6) is 0 Å². The molecule has 0 aromatic heterocycles. The minimum atomic E-state index is -0.126. The van der Waals surface area contributed by atoms with E-state index in [1.165, 1.54) is 6.42 Å². The Morgan fingerprint density at radius 3 is 2.88 bits per heavy atom. The maximum absolute atomic E-state index is 11.9. The summed E-state index contributed by atoms with van der Waals surface area (Å²) in [4.78, 5) is 13.8. The summed E-state index contributed by atoms with van der Waals surface area (Å²) in [6, 6.07) is 0.368. The van der Waals surface area contributed by atoms with Crippen molar-refractivity contribution in [3.8, 4) is 0 Å². The molecule has 0 aromatic rings. The van der Waals surface area contributed by atoms with Crippen molar-refractivity contribution in [3.63, 3.8) is 0 Å². The number of rotatable bonds is 4. The molecule has 4 heteroatoms. The monoisotopic (exact) mass is 291 g/mol. The second-order valence-corrected chi connectivity index (χ2v) is 5.58. The predicted octanol–water partition coefficient (Wildman–Crippen LogP) is 3.42. The lowest BCUT2D eigenvalue weighted by atomic mass is 10.0. The van der Waals surface area contributed by atoms with Crippen LogP contribution in [-0.2, 0) is 4.74 Å². The molecular formula is C12H22BrNO2. The first-order chi connectivity index (χ1) is 7.65. The van der Waals surface area contributed by atoms with E-state index in [1.807, 2.05) is 4.90 Å². The van der Waals surface area contributed by atoms with Gasteiger partial charge in [0.05, 0.1) is 6.61 Å². The van der Waals surface area contributed by atoms with Gasteiger partial charge in [-0.05, 0) is 31.6 Å².